The molecule has 1 fully saturated rings. The number of hydrogen-bond acceptors (Lipinski definition) is 4. The second-order valence-corrected chi connectivity index (χ2v) is 4.89. The van der Waals surface area contributed by atoms with Gasteiger partial charge in [-0.25, -0.2) is 4.98 Å². The molecule has 1 aromatic rings. The lowest BCUT2D eigenvalue weighted by Gasteiger charge is -2.22. The largest absolute Gasteiger partial charge is 0.369 e. The number of rotatable bonds is 4. The molecule has 0 radical (unpaired) electrons. The van der Waals surface area contributed by atoms with Gasteiger partial charge >= 0.3 is 0 Å². The minimum absolute atomic E-state index is 0.666. The van der Waals surface area contributed by atoms with Crippen molar-refractivity contribution in [2.75, 3.05) is 25.0 Å². The Bertz CT molecular complexity index is 430. The third kappa shape index (κ3) is 3.21. The van der Waals surface area contributed by atoms with Crippen LogP contribution in [0.4, 0.5) is 5.82 Å². The average molecular weight is 244 g/mol. The van der Waals surface area contributed by atoms with E-state index in [0.717, 1.165) is 43.4 Å². The lowest BCUT2D eigenvalue weighted by atomic mass is 9.96. The van der Waals surface area contributed by atoms with Crippen LogP contribution in [0.5, 0.6) is 0 Å². The van der Waals surface area contributed by atoms with Crippen molar-refractivity contribution >= 4 is 5.82 Å². The van der Waals surface area contributed by atoms with Crippen LogP contribution in [0.2, 0.25) is 0 Å². The van der Waals surface area contributed by atoms with Crippen LogP contribution in [0.25, 0.3) is 0 Å². The summed E-state index contributed by atoms with van der Waals surface area (Å²) in [5, 5.41) is 15.8. The van der Waals surface area contributed by atoms with E-state index in [4.69, 9.17) is 5.26 Å². The van der Waals surface area contributed by atoms with Gasteiger partial charge < -0.3 is 10.6 Å². The predicted molar refractivity (Wildman–Crippen MR) is 72.4 cm³/mol. The van der Waals surface area contributed by atoms with Gasteiger partial charge in [0.1, 0.15) is 11.9 Å². The van der Waals surface area contributed by atoms with Gasteiger partial charge in [0.15, 0.2) is 0 Å². The van der Waals surface area contributed by atoms with Gasteiger partial charge in [0.25, 0.3) is 0 Å². The highest BCUT2D eigenvalue weighted by Crippen LogP contribution is 2.17. The van der Waals surface area contributed by atoms with Crippen LogP contribution in [0.1, 0.15) is 30.4 Å². The summed E-state index contributed by atoms with van der Waals surface area (Å²) in [6.45, 7) is 5.10. The highest BCUT2D eigenvalue weighted by atomic mass is 15.0. The van der Waals surface area contributed by atoms with E-state index in [-0.39, 0.29) is 0 Å². The highest BCUT2D eigenvalue weighted by Gasteiger charge is 2.13. The Morgan fingerprint density at radius 3 is 3.22 bits per heavy atom. The van der Waals surface area contributed by atoms with E-state index in [2.05, 4.69) is 21.7 Å². The molecular weight excluding hydrogens is 224 g/mol. The van der Waals surface area contributed by atoms with E-state index in [1.54, 1.807) is 6.20 Å². The van der Waals surface area contributed by atoms with Crippen LogP contribution in [0.15, 0.2) is 12.3 Å². The number of anilines is 1. The lowest BCUT2D eigenvalue weighted by Crippen LogP contribution is -2.30. The number of aromatic nitrogens is 1. The summed E-state index contributed by atoms with van der Waals surface area (Å²) in [4.78, 5) is 4.24. The molecule has 1 aromatic heterocycles. The smallest absolute Gasteiger partial charge is 0.144 e. The number of piperidine rings is 1. The van der Waals surface area contributed by atoms with Crippen LogP contribution >= 0.6 is 0 Å². The summed E-state index contributed by atoms with van der Waals surface area (Å²) < 4.78 is 0. The molecule has 0 amide bonds. The van der Waals surface area contributed by atoms with Crippen molar-refractivity contribution in [1.82, 2.24) is 10.3 Å². The molecule has 1 unspecified atom stereocenters. The van der Waals surface area contributed by atoms with Gasteiger partial charge in [0.05, 0.1) is 5.56 Å². The predicted octanol–water partition coefficient (Wildman–Crippen LogP) is 2.06. The molecule has 0 aliphatic carbocycles. The van der Waals surface area contributed by atoms with Gasteiger partial charge in [-0.15, -0.1) is 0 Å². The molecule has 1 saturated heterocycles. The van der Waals surface area contributed by atoms with Gasteiger partial charge in [-0.05, 0) is 56.8 Å². The first-order chi connectivity index (χ1) is 8.81. The van der Waals surface area contributed by atoms with Crippen molar-refractivity contribution in [3.63, 3.8) is 0 Å². The topological polar surface area (TPSA) is 60.7 Å². The molecule has 96 valence electrons. The van der Waals surface area contributed by atoms with E-state index < -0.39 is 0 Å². The summed E-state index contributed by atoms with van der Waals surface area (Å²) >= 11 is 0. The van der Waals surface area contributed by atoms with E-state index in [1.165, 1.54) is 12.8 Å². The second kappa shape index (κ2) is 6.36. The normalized spacial score (nSPS) is 19.2. The summed E-state index contributed by atoms with van der Waals surface area (Å²) in [6.07, 6.45) is 5.46. The Morgan fingerprint density at radius 2 is 2.50 bits per heavy atom. The molecule has 0 spiro atoms. The van der Waals surface area contributed by atoms with Crippen molar-refractivity contribution < 1.29 is 0 Å². The molecule has 0 saturated carbocycles. The van der Waals surface area contributed by atoms with E-state index in [0.29, 0.717) is 5.56 Å². The maximum atomic E-state index is 9.11. The zero-order valence-corrected chi connectivity index (χ0v) is 10.9. The molecule has 4 heteroatoms. The van der Waals surface area contributed by atoms with Crippen LogP contribution < -0.4 is 10.6 Å². The second-order valence-electron chi connectivity index (χ2n) is 4.89. The highest BCUT2D eigenvalue weighted by molar-refractivity contribution is 5.55. The third-order valence-electron chi connectivity index (χ3n) is 3.52. The zero-order chi connectivity index (χ0) is 12.8. The third-order valence-corrected chi connectivity index (χ3v) is 3.52. The first kappa shape index (κ1) is 12.8. The fraction of sp³-hybridized carbons (Fsp3) is 0.571. The quantitative estimate of drug-likeness (QED) is 0.851. The van der Waals surface area contributed by atoms with Crippen molar-refractivity contribution in [3.8, 4) is 6.07 Å². The number of nitrogens with one attached hydrogen (secondary N) is 2. The Morgan fingerprint density at radius 1 is 1.61 bits per heavy atom. The van der Waals surface area contributed by atoms with Gasteiger partial charge in [-0.2, -0.15) is 5.26 Å². The number of nitrogens with zero attached hydrogens (tertiary/aromatic N) is 2. The summed E-state index contributed by atoms with van der Waals surface area (Å²) in [6, 6.07) is 4.08. The van der Waals surface area contributed by atoms with E-state index >= 15 is 0 Å². The minimum Gasteiger partial charge on any atom is -0.369 e. The maximum absolute atomic E-state index is 9.11. The molecule has 2 N–H and O–H groups in total. The Balaban J connectivity index is 1.86. The lowest BCUT2D eigenvalue weighted by molar-refractivity contribution is 0.364. The molecule has 1 atom stereocenters. The molecule has 1 aliphatic heterocycles. The average Bonchev–Trinajstić information content (AvgIpc) is 2.40. The molecule has 1 aliphatic rings. The van der Waals surface area contributed by atoms with Gasteiger partial charge in [-0.3, -0.25) is 0 Å². The van der Waals surface area contributed by atoms with Crippen molar-refractivity contribution in [2.45, 2.75) is 26.2 Å². The monoisotopic (exact) mass is 244 g/mol. The SMILES string of the molecule is Cc1ccnc(NCCC2CCCNC2)c1C#N. The first-order valence-corrected chi connectivity index (χ1v) is 6.61. The van der Waals surface area contributed by atoms with Crippen LogP contribution in [-0.2, 0) is 0 Å². The fourth-order valence-electron chi connectivity index (χ4n) is 2.40. The first-order valence-electron chi connectivity index (χ1n) is 6.61. The standard InChI is InChI=1S/C14H20N4/c1-11-4-7-17-14(13(11)9-15)18-8-5-12-3-2-6-16-10-12/h4,7,12,16H,2-3,5-6,8,10H2,1H3,(H,17,18). The van der Waals surface area contributed by atoms with Gasteiger partial charge in [0.2, 0.25) is 0 Å². The number of pyridine rings is 1. The van der Waals surface area contributed by atoms with Gasteiger partial charge in [0, 0.05) is 12.7 Å². The van der Waals surface area contributed by atoms with Gasteiger partial charge in [-0.1, -0.05) is 0 Å². The van der Waals surface area contributed by atoms with Crippen LogP contribution in [0, 0.1) is 24.2 Å². The molecule has 2 heterocycles. The Labute approximate surface area is 108 Å². The van der Waals surface area contributed by atoms with Crippen molar-refractivity contribution in [1.29, 1.82) is 5.26 Å². The summed E-state index contributed by atoms with van der Waals surface area (Å²) in [5.41, 5.74) is 1.65. The fourth-order valence-corrected chi connectivity index (χ4v) is 2.40. The summed E-state index contributed by atoms with van der Waals surface area (Å²) in [7, 11) is 0. The molecule has 0 aromatic carbocycles. The Kier molecular flexibility index (Phi) is 4.54. The van der Waals surface area contributed by atoms with E-state index in [9.17, 15) is 0 Å². The number of aryl methyl sites for hydroxylation is 1. The molecule has 4 nitrogen and oxygen atoms in total. The molecule has 18 heavy (non-hydrogen) atoms. The summed E-state index contributed by atoms with van der Waals surface area (Å²) in [5.74, 6) is 1.47. The molecule has 2 rings (SSSR count). The Hall–Kier alpha value is -1.60. The van der Waals surface area contributed by atoms with Crippen LogP contribution in [-0.4, -0.2) is 24.6 Å². The maximum Gasteiger partial charge on any atom is 0.144 e. The zero-order valence-electron chi connectivity index (χ0n) is 10.9. The number of hydrogen-bond donors (Lipinski definition) is 2. The minimum atomic E-state index is 0.666. The van der Waals surface area contributed by atoms with Crippen molar-refractivity contribution in [3.05, 3.63) is 23.4 Å². The van der Waals surface area contributed by atoms with Crippen LogP contribution in [0.3, 0.4) is 0 Å². The molecule has 0 bridgehead atoms. The van der Waals surface area contributed by atoms with E-state index in [1.807, 2.05) is 13.0 Å². The molecular formula is C14H20N4. The van der Waals surface area contributed by atoms with Crippen molar-refractivity contribution in [2.24, 2.45) is 5.92 Å². The number of nitriles is 1.